The Morgan fingerprint density at radius 3 is 3.14 bits per heavy atom. The molecule has 2 heterocycles. The Hall–Kier alpha value is -0.450. The highest BCUT2D eigenvalue weighted by atomic mass is 32.1. The molecule has 3 nitrogen and oxygen atoms in total. The van der Waals surface area contributed by atoms with Gasteiger partial charge in [-0.25, -0.2) is 4.98 Å². The predicted octanol–water partition coefficient (Wildman–Crippen LogP) is 1.24. The molecule has 1 aliphatic heterocycles. The second-order valence-corrected chi connectivity index (χ2v) is 5.06. The van der Waals surface area contributed by atoms with Crippen LogP contribution in [0.5, 0.6) is 0 Å². The predicted molar refractivity (Wildman–Crippen MR) is 59.4 cm³/mol. The molecule has 1 saturated heterocycles. The number of thiazole rings is 1. The first-order valence-electron chi connectivity index (χ1n) is 5.19. The Labute approximate surface area is 88.9 Å². The Morgan fingerprint density at radius 1 is 1.71 bits per heavy atom. The lowest BCUT2D eigenvalue weighted by atomic mass is 10.3. The van der Waals surface area contributed by atoms with Crippen molar-refractivity contribution in [3.8, 4) is 0 Å². The average Bonchev–Trinajstić information content (AvgIpc) is 2.76. The number of nitrogens with zero attached hydrogens (tertiary/aromatic N) is 2. The molecule has 0 saturated carbocycles. The maximum atomic E-state index is 5.85. The summed E-state index contributed by atoms with van der Waals surface area (Å²) >= 11 is 1.83. The molecule has 0 radical (unpaired) electrons. The number of hydrogen-bond donors (Lipinski definition) is 1. The van der Waals surface area contributed by atoms with Gasteiger partial charge in [-0.1, -0.05) is 6.92 Å². The molecule has 0 aromatic carbocycles. The molecule has 14 heavy (non-hydrogen) atoms. The summed E-state index contributed by atoms with van der Waals surface area (Å²) in [6, 6.07) is 0.376. The zero-order valence-corrected chi connectivity index (χ0v) is 9.39. The second kappa shape index (κ2) is 4.38. The molecule has 1 aliphatic rings. The Kier molecular flexibility index (Phi) is 3.15. The first-order valence-corrected chi connectivity index (χ1v) is 6.01. The molecule has 4 heteroatoms. The van der Waals surface area contributed by atoms with Gasteiger partial charge in [0.2, 0.25) is 0 Å². The molecule has 1 aromatic heterocycles. The highest BCUT2D eigenvalue weighted by Crippen LogP contribution is 2.17. The van der Waals surface area contributed by atoms with Gasteiger partial charge in [0.05, 0.1) is 6.54 Å². The molecule has 0 aliphatic carbocycles. The SMILES string of the molecule is CCc1cnc(CN2CC[C@H](N)C2)s1. The van der Waals surface area contributed by atoms with Crippen LogP contribution in [0.3, 0.4) is 0 Å². The van der Waals surface area contributed by atoms with Crippen molar-refractivity contribution in [2.24, 2.45) is 5.73 Å². The lowest BCUT2D eigenvalue weighted by Crippen LogP contribution is -2.26. The van der Waals surface area contributed by atoms with E-state index >= 15 is 0 Å². The van der Waals surface area contributed by atoms with Crippen LogP contribution in [-0.2, 0) is 13.0 Å². The van der Waals surface area contributed by atoms with Crippen LogP contribution < -0.4 is 5.73 Å². The van der Waals surface area contributed by atoms with Gasteiger partial charge >= 0.3 is 0 Å². The normalized spacial score (nSPS) is 23.1. The Morgan fingerprint density at radius 2 is 2.57 bits per heavy atom. The highest BCUT2D eigenvalue weighted by molar-refractivity contribution is 7.11. The van der Waals surface area contributed by atoms with Crippen LogP contribution in [0.2, 0.25) is 0 Å². The number of hydrogen-bond acceptors (Lipinski definition) is 4. The van der Waals surface area contributed by atoms with Gasteiger partial charge in [0.15, 0.2) is 0 Å². The minimum absolute atomic E-state index is 0.376. The van der Waals surface area contributed by atoms with Gasteiger partial charge in [-0.3, -0.25) is 4.90 Å². The van der Waals surface area contributed by atoms with Crippen molar-refractivity contribution in [3.05, 3.63) is 16.1 Å². The monoisotopic (exact) mass is 211 g/mol. The zero-order valence-electron chi connectivity index (χ0n) is 8.57. The van der Waals surface area contributed by atoms with Crippen LogP contribution in [0, 0.1) is 0 Å². The van der Waals surface area contributed by atoms with E-state index in [1.165, 1.54) is 9.88 Å². The van der Waals surface area contributed by atoms with E-state index in [2.05, 4.69) is 16.8 Å². The van der Waals surface area contributed by atoms with Crippen LogP contribution in [0.1, 0.15) is 23.2 Å². The summed E-state index contributed by atoms with van der Waals surface area (Å²) in [4.78, 5) is 8.18. The number of likely N-dealkylation sites (tertiary alicyclic amines) is 1. The lowest BCUT2D eigenvalue weighted by molar-refractivity contribution is 0.326. The summed E-state index contributed by atoms with van der Waals surface area (Å²) in [5.41, 5.74) is 5.85. The fourth-order valence-corrected chi connectivity index (χ4v) is 2.69. The topological polar surface area (TPSA) is 42.2 Å². The molecule has 2 rings (SSSR count). The largest absolute Gasteiger partial charge is 0.326 e. The maximum Gasteiger partial charge on any atom is 0.107 e. The van der Waals surface area contributed by atoms with Crippen LogP contribution in [0.25, 0.3) is 0 Å². The van der Waals surface area contributed by atoms with Crippen molar-refractivity contribution in [1.29, 1.82) is 0 Å². The van der Waals surface area contributed by atoms with Gasteiger partial charge in [0.1, 0.15) is 5.01 Å². The first-order chi connectivity index (χ1) is 6.78. The van der Waals surface area contributed by atoms with E-state index in [-0.39, 0.29) is 0 Å². The van der Waals surface area contributed by atoms with Gasteiger partial charge in [0, 0.05) is 30.2 Å². The van der Waals surface area contributed by atoms with E-state index in [9.17, 15) is 0 Å². The smallest absolute Gasteiger partial charge is 0.107 e. The molecule has 0 spiro atoms. The summed E-state index contributed by atoms with van der Waals surface area (Å²) in [6.45, 7) is 5.31. The summed E-state index contributed by atoms with van der Waals surface area (Å²) < 4.78 is 0. The van der Waals surface area contributed by atoms with Crippen molar-refractivity contribution in [2.45, 2.75) is 32.4 Å². The van der Waals surface area contributed by atoms with Gasteiger partial charge < -0.3 is 5.73 Å². The molecule has 0 unspecified atom stereocenters. The van der Waals surface area contributed by atoms with Gasteiger partial charge in [-0.2, -0.15) is 0 Å². The average molecular weight is 211 g/mol. The van der Waals surface area contributed by atoms with Crippen molar-refractivity contribution >= 4 is 11.3 Å². The van der Waals surface area contributed by atoms with Crippen molar-refractivity contribution in [3.63, 3.8) is 0 Å². The second-order valence-electron chi connectivity index (χ2n) is 3.86. The zero-order chi connectivity index (χ0) is 9.97. The van der Waals surface area contributed by atoms with Crippen LogP contribution in [-0.4, -0.2) is 29.0 Å². The quantitative estimate of drug-likeness (QED) is 0.818. The molecule has 0 amide bonds. The van der Waals surface area contributed by atoms with Gasteiger partial charge in [-0.15, -0.1) is 11.3 Å². The standard InChI is InChI=1S/C10H17N3S/c1-2-9-5-12-10(14-9)7-13-4-3-8(11)6-13/h5,8H,2-4,6-7,11H2,1H3/t8-/m0/s1. The summed E-state index contributed by atoms with van der Waals surface area (Å²) in [7, 11) is 0. The fourth-order valence-electron chi connectivity index (χ4n) is 1.78. The van der Waals surface area contributed by atoms with E-state index in [1.54, 1.807) is 0 Å². The van der Waals surface area contributed by atoms with Crippen molar-refractivity contribution < 1.29 is 0 Å². The molecular formula is C10H17N3S. The summed E-state index contributed by atoms with van der Waals surface area (Å²) in [5, 5.41) is 1.23. The number of aryl methyl sites for hydroxylation is 1. The molecule has 0 bridgehead atoms. The van der Waals surface area contributed by atoms with Crippen LogP contribution in [0.15, 0.2) is 6.20 Å². The molecule has 78 valence electrons. The molecule has 1 fully saturated rings. The third kappa shape index (κ3) is 2.32. The Balaban J connectivity index is 1.90. The highest BCUT2D eigenvalue weighted by Gasteiger charge is 2.19. The maximum absolute atomic E-state index is 5.85. The number of nitrogens with two attached hydrogens (primary N) is 1. The molecule has 1 aromatic rings. The van der Waals surface area contributed by atoms with E-state index in [0.29, 0.717) is 6.04 Å². The minimum atomic E-state index is 0.376. The lowest BCUT2D eigenvalue weighted by Gasteiger charge is -2.12. The number of aromatic nitrogens is 1. The first kappa shape index (κ1) is 10.1. The molecule has 1 atom stereocenters. The van der Waals surface area contributed by atoms with Gasteiger partial charge in [-0.05, 0) is 12.8 Å². The summed E-state index contributed by atoms with van der Waals surface area (Å²) in [6.07, 6.45) is 4.22. The van der Waals surface area contributed by atoms with Crippen molar-refractivity contribution in [2.75, 3.05) is 13.1 Å². The minimum Gasteiger partial charge on any atom is -0.326 e. The van der Waals surface area contributed by atoms with Crippen LogP contribution in [0.4, 0.5) is 0 Å². The van der Waals surface area contributed by atoms with E-state index in [1.807, 2.05) is 17.5 Å². The van der Waals surface area contributed by atoms with Gasteiger partial charge in [0.25, 0.3) is 0 Å². The number of rotatable bonds is 3. The van der Waals surface area contributed by atoms with Crippen LogP contribution >= 0.6 is 11.3 Å². The van der Waals surface area contributed by atoms with E-state index in [0.717, 1.165) is 32.5 Å². The van der Waals surface area contributed by atoms with Crippen molar-refractivity contribution in [1.82, 2.24) is 9.88 Å². The fraction of sp³-hybridized carbons (Fsp3) is 0.700. The Bertz CT molecular complexity index is 297. The van der Waals surface area contributed by atoms with E-state index in [4.69, 9.17) is 5.73 Å². The summed E-state index contributed by atoms with van der Waals surface area (Å²) in [5.74, 6) is 0. The van der Waals surface area contributed by atoms with E-state index < -0.39 is 0 Å². The molecular weight excluding hydrogens is 194 g/mol. The third-order valence-corrected chi connectivity index (χ3v) is 3.74. The molecule has 2 N–H and O–H groups in total. The third-order valence-electron chi connectivity index (χ3n) is 2.62.